The zero-order chi connectivity index (χ0) is 56.1. The number of aliphatic hydroxyl groups is 5. The first-order valence-electron chi connectivity index (χ1n) is 30.7. The number of rotatable bonds is 50. The van der Waals surface area contributed by atoms with Gasteiger partial charge in [0.2, 0.25) is 5.91 Å². The molecule has 8 atom stereocenters. The number of carbonyl (C=O) groups excluding carboxylic acids is 2. The zero-order valence-electron chi connectivity index (χ0n) is 48.5. The number of unbranched alkanes of at least 4 members (excludes halogenated alkanes) is 20. The number of amides is 1. The van der Waals surface area contributed by atoms with E-state index in [1.807, 2.05) is 6.08 Å². The molecule has 0 radical (unpaired) electrons. The van der Waals surface area contributed by atoms with Gasteiger partial charge in [-0.15, -0.1) is 0 Å². The maximum Gasteiger partial charge on any atom is 0.306 e. The van der Waals surface area contributed by atoms with Crippen LogP contribution in [0, 0.1) is 0 Å². The molecule has 440 valence electrons. The van der Waals surface area contributed by atoms with E-state index in [1.54, 1.807) is 6.08 Å². The van der Waals surface area contributed by atoms with Crippen LogP contribution in [0.3, 0.4) is 0 Å². The molecule has 0 aliphatic carbocycles. The van der Waals surface area contributed by atoms with Gasteiger partial charge in [-0.1, -0.05) is 233 Å². The Hall–Kier alpha value is -3.68. The molecule has 0 aromatic heterocycles. The van der Waals surface area contributed by atoms with E-state index in [2.05, 4.69) is 123 Å². The summed E-state index contributed by atoms with van der Waals surface area (Å²) in [5, 5.41) is 56.9. The van der Waals surface area contributed by atoms with Crippen molar-refractivity contribution in [2.75, 3.05) is 13.2 Å². The minimum Gasteiger partial charge on any atom is -0.454 e. The van der Waals surface area contributed by atoms with Gasteiger partial charge >= 0.3 is 5.97 Å². The molecule has 0 spiro atoms. The molecule has 11 heteroatoms. The zero-order valence-corrected chi connectivity index (χ0v) is 48.5. The van der Waals surface area contributed by atoms with Crippen molar-refractivity contribution in [3.63, 3.8) is 0 Å². The topological polar surface area (TPSA) is 175 Å². The van der Waals surface area contributed by atoms with Crippen molar-refractivity contribution < 1.29 is 49.3 Å². The van der Waals surface area contributed by atoms with Gasteiger partial charge in [-0.3, -0.25) is 9.59 Å². The molecule has 0 aromatic carbocycles. The lowest BCUT2D eigenvalue weighted by Crippen LogP contribution is -2.61. The standard InChI is InChI=1S/C66H111NO10/c1-4-7-10-13-16-19-22-25-26-27-28-29-30-31-32-33-34-36-39-42-45-48-51-54-61(71)77-64-63(73)62(72)60(55-68)76-66(64)75-56-57(58(69)52-49-46-43-40-37-24-21-18-15-12-9-6-3)67-65(74)59(70)53-50-47-44-41-38-35-23-20-17-14-11-8-5-2/h7-8,10-11,16-17,19-20,25-26,28-29,31-32,35,38,49,52,57-60,62-64,66,68-70,72-73H,4-6,9,12-15,18,21-24,27,30,33-34,36-37,39-48,50-51,53-56H2,1-3H3,(H,67,74)/b10-7-,11-8+,19-16-,20-17+,26-25-,29-28-,32-31-,38-35+,52-49+. The Morgan fingerprint density at radius 1 is 0.519 bits per heavy atom. The Bertz CT molecular complexity index is 1660. The first-order chi connectivity index (χ1) is 37.7. The van der Waals surface area contributed by atoms with Gasteiger partial charge in [-0.2, -0.15) is 0 Å². The quantitative estimate of drug-likeness (QED) is 0.0195. The van der Waals surface area contributed by atoms with Gasteiger partial charge in [-0.05, 0) is 103 Å². The maximum absolute atomic E-state index is 13.4. The van der Waals surface area contributed by atoms with E-state index >= 15 is 0 Å². The monoisotopic (exact) mass is 1080 g/mol. The van der Waals surface area contributed by atoms with Gasteiger partial charge in [0, 0.05) is 6.42 Å². The van der Waals surface area contributed by atoms with Crippen LogP contribution in [0.25, 0.3) is 0 Å². The molecule has 1 heterocycles. The fourth-order valence-corrected chi connectivity index (χ4v) is 8.87. The molecule has 0 bridgehead atoms. The van der Waals surface area contributed by atoms with Crippen LogP contribution in [0.2, 0.25) is 0 Å². The number of hydrogen-bond donors (Lipinski definition) is 6. The summed E-state index contributed by atoms with van der Waals surface area (Å²) in [5.74, 6) is -1.24. The number of nitrogens with one attached hydrogen (secondary N) is 1. The minimum atomic E-state index is -1.63. The summed E-state index contributed by atoms with van der Waals surface area (Å²) < 4.78 is 17.6. The lowest BCUT2D eigenvalue weighted by Gasteiger charge is -2.41. The average molecular weight is 1080 g/mol. The van der Waals surface area contributed by atoms with E-state index in [0.29, 0.717) is 12.8 Å². The van der Waals surface area contributed by atoms with Gasteiger partial charge in [0.1, 0.15) is 24.4 Å². The summed E-state index contributed by atoms with van der Waals surface area (Å²) >= 11 is 0. The highest BCUT2D eigenvalue weighted by atomic mass is 16.7. The first kappa shape index (κ1) is 71.3. The van der Waals surface area contributed by atoms with E-state index in [1.165, 1.54) is 44.9 Å². The van der Waals surface area contributed by atoms with E-state index < -0.39 is 67.4 Å². The fourth-order valence-electron chi connectivity index (χ4n) is 8.87. The first-order valence-corrected chi connectivity index (χ1v) is 30.7. The van der Waals surface area contributed by atoms with E-state index in [9.17, 15) is 35.1 Å². The molecule has 0 saturated carbocycles. The predicted octanol–water partition coefficient (Wildman–Crippen LogP) is 14.5. The maximum atomic E-state index is 13.4. The Kier molecular flexibility index (Phi) is 49.1. The number of hydrogen-bond acceptors (Lipinski definition) is 10. The third kappa shape index (κ3) is 41.1. The number of esters is 1. The van der Waals surface area contributed by atoms with Crippen LogP contribution in [0.15, 0.2) is 109 Å². The molecule has 1 fully saturated rings. The van der Waals surface area contributed by atoms with Gasteiger partial charge in [-0.25, -0.2) is 0 Å². The Morgan fingerprint density at radius 3 is 1.40 bits per heavy atom. The van der Waals surface area contributed by atoms with Crippen molar-refractivity contribution in [2.45, 2.75) is 282 Å². The van der Waals surface area contributed by atoms with E-state index in [-0.39, 0.29) is 19.4 Å². The SMILES string of the molecule is CC/C=C\C/C=C\C/C=C\C/C=C\C/C=C\CCCCCCCCCC(=O)OC1C(OCC(NC(=O)C(O)CCCCC/C=C/C/C=C/C/C=C/CC)C(O)/C=C/CCCCCCCCCCCC)OC(CO)C(O)C1O. The van der Waals surface area contributed by atoms with Crippen LogP contribution < -0.4 is 5.32 Å². The molecule has 0 aromatic rings. The number of allylic oxidation sites excluding steroid dienone is 17. The molecular formula is C66H111NO10. The fraction of sp³-hybridized carbons (Fsp3) is 0.697. The number of aliphatic hydroxyl groups excluding tert-OH is 5. The predicted molar refractivity (Wildman–Crippen MR) is 319 cm³/mol. The van der Waals surface area contributed by atoms with Crippen molar-refractivity contribution in [1.29, 1.82) is 0 Å². The summed E-state index contributed by atoms with van der Waals surface area (Å²) in [6, 6.07) is -1.04. The highest BCUT2D eigenvalue weighted by Crippen LogP contribution is 2.26. The Balaban J connectivity index is 2.67. The lowest BCUT2D eigenvalue weighted by molar-refractivity contribution is -0.305. The molecular weight excluding hydrogens is 967 g/mol. The summed E-state index contributed by atoms with van der Waals surface area (Å²) in [4.78, 5) is 26.5. The van der Waals surface area contributed by atoms with Gasteiger partial charge < -0.3 is 45.1 Å². The Morgan fingerprint density at radius 2 is 0.935 bits per heavy atom. The van der Waals surface area contributed by atoms with E-state index in [4.69, 9.17) is 14.2 Å². The second-order valence-corrected chi connectivity index (χ2v) is 20.7. The molecule has 1 aliphatic rings. The van der Waals surface area contributed by atoms with Crippen LogP contribution in [0.1, 0.15) is 233 Å². The third-order valence-electron chi connectivity index (χ3n) is 13.7. The Labute approximate surface area is 468 Å². The molecule has 1 rings (SSSR count). The van der Waals surface area contributed by atoms with E-state index in [0.717, 1.165) is 141 Å². The molecule has 77 heavy (non-hydrogen) atoms. The van der Waals surface area contributed by atoms with Crippen molar-refractivity contribution in [2.24, 2.45) is 0 Å². The lowest BCUT2D eigenvalue weighted by atomic mass is 9.99. The molecule has 1 amide bonds. The van der Waals surface area contributed by atoms with Crippen molar-refractivity contribution in [1.82, 2.24) is 5.32 Å². The van der Waals surface area contributed by atoms with Crippen molar-refractivity contribution in [3.8, 4) is 0 Å². The van der Waals surface area contributed by atoms with Gasteiger partial charge in [0.25, 0.3) is 0 Å². The highest BCUT2D eigenvalue weighted by Gasteiger charge is 2.47. The van der Waals surface area contributed by atoms with Crippen molar-refractivity contribution >= 4 is 11.9 Å². The van der Waals surface area contributed by atoms with Crippen LogP contribution >= 0.6 is 0 Å². The number of ether oxygens (including phenoxy) is 3. The van der Waals surface area contributed by atoms with Crippen LogP contribution in [0.4, 0.5) is 0 Å². The normalized spacial score (nSPS) is 19.8. The number of carbonyl (C=O) groups is 2. The molecule has 1 aliphatic heterocycles. The van der Waals surface area contributed by atoms with Crippen LogP contribution in [0.5, 0.6) is 0 Å². The average Bonchev–Trinajstić information content (AvgIpc) is 3.43. The molecule has 8 unspecified atom stereocenters. The second-order valence-electron chi connectivity index (χ2n) is 20.7. The van der Waals surface area contributed by atoms with Crippen molar-refractivity contribution in [3.05, 3.63) is 109 Å². The third-order valence-corrected chi connectivity index (χ3v) is 13.7. The minimum absolute atomic E-state index is 0.102. The smallest absolute Gasteiger partial charge is 0.306 e. The van der Waals surface area contributed by atoms with Crippen LogP contribution in [-0.2, 0) is 23.8 Å². The summed E-state index contributed by atoms with van der Waals surface area (Å²) in [6.45, 7) is 5.52. The second kappa shape index (κ2) is 53.0. The van der Waals surface area contributed by atoms with Gasteiger partial charge in [0.15, 0.2) is 12.4 Å². The van der Waals surface area contributed by atoms with Crippen LogP contribution in [-0.4, -0.2) is 99.6 Å². The molecule has 6 N–H and O–H groups in total. The molecule has 11 nitrogen and oxygen atoms in total. The van der Waals surface area contributed by atoms with Gasteiger partial charge in [0.05, 0.1) is 25.4 Å². The summed E-state index contributed by atoms with van der Waals surface area (Å²) in [6.07, 6.45) is 61.3. The largest absolute Gasteiger partial charge is 0.454 e. The highest BCUT2D eigenvalue weighted by molar-refractivity contribution is 5.80. The summed E-state index contributed by atoms with van der Waals surface area (Å²) in [5.41, 5.74) is 0. The summed E-state index contributed by atoms with van der Waals surface area (Å²) in [7, 11) is 0. The molecule has 1 saturated heterocycles.